The van der Waals surface area contributed by atoms with Crippen LogP contribution in [0, 0.1) is 0 Å². The Morgan fingerprint density at radius 3 is 1.13 bits per heavy atom. The molecule has 0 fully saturated rings. The van der Waals surface area contributed by atoms with E-state index in [-0.39, 0.29) is 0 Å². The van der Waals surface area contributed by atoms with Gasteiger partial charge in [-0.25, -0.2) is 9.97 Å². The topological polar surface area (TPSA) is 25.8 Å². The van der Waals surface area contributed by atoms with Crippen molar-refractivity contribution in [3.63, 3.8) is 0 Å². The van der Waals surface area contributed by atoms with Gasteiger partial charge in [-0.1, -0.05) is 109 Å². The molecule has 0 radical (unpaired) electrons. The first-order chi connectivity index (χ1) is 26.7. The molecule has 0 amide bonds. The van der Waals surface area contributed by atoms with Gasteiger partial charge in [0.1, 0.15) is 10.0 Å². The Balaban J connectivity index is 0.821. The number of rotatable bonds is 4. The van der Waals surface area contributed by atoms with Crippen LogP contribution in [0.3, 0.4) is 0 Å². The third-order valence-electron chi connectivity index (χ3n) is 10.5. The molecule has 6 heteroatoms. The number of hydrogen-bond acceptors (Lipinski definition) is 6. The lowest BCUT2D eigenvalue weighted by Gasteiger charge is -2.04. The summed E-state index contributed by atoms with van der Waals surface area (Å²) in [6, 6.07) is 57.8. The van der Waals surface area contributed by atoms with Crippen LogP contribution in [0.4, 0.5) is 0 Å². The minimum absolute atomic E-state index is 1.04. The zero-order chi connectivity index (χ0) is 35.3. The van der Waals surface area contributed by atoms with E-state index in [9.17, 15) is 0 Å². The van der Waals surface area contributed by atoms with Crippen molar-refractivity contribution in [1.29, 1.82) is 0 Å². The highest BCUT2D eigenvalue weighted by molar-refractivity contribution is 7.26. The van der Waals surface area contributed by atoms with Crippen molar-refractivity contribution in [2.24, 2.45) is 0 Å². The van der Waals surface area contributed by atoms with Crippen LogP contribution in [0.15, 0.2) is 158 Å². The second-order valence-electron chi connectivity index (χ2n) is 13.8. The van der Waals surface area contributed by atoms with E-state index in [0.717, 1.165) is 32.2 Å². The number of thiophene rings is 2. The average Bonchev–Trinajstić information content (AvgIpc) is 4.01. The monoisotopic (exact) mass is 758 g/mol. The van der Waals surface area contributed by atoms with Gasteiger partial charge in [-0.15, -0.1) is 45.3 Å². The fraction of sp³-hybridized carbons (Fsp3) is 0. The van der Waals surface area contributed by atoms with Crippen molar-refractivity contribution < 1.29 is 0 Å². The summed E-state index contributed by atoms with van der Waals surface area (Å²) in [6.45, 7) is 0. The Bertz CT molecular complexity index is 3140. The molecule has 0 aliphatic heterocycles. The van der Waals surface area contributed by atoms with Gasteiger partial charge in [-0.3, -0.25) is 0 Å². The first kappa shape index (κ1) is 30.7. The summed E-state index contributed by atoms with van der Waals surface area (Å²) in [7, 11) is 0. The molecule has 0 N–H and O–H groups in total. The molecular weight excluding hydrogens is 733 g/mol. The molecule has 8 aromatic carbocycles. The van der Waals surface area contributed by atoms with Gasteiger partial charge in [-0.2, -0.15) is 0 Å². The van der Waals surface area contributed by atoms with Gasteiger partial charge in [0, 0.05) is 51.5 Å². The molecule has 54 heavy (non-hydrogen) atoms. The summed E-state index contributed by atoms with van der Waals surface area (Å²) in [5.41, 5.74) is 9.29. The largest absolute Gasteiger partial charge is 0.236 e. The molecule has 0 bridgehead atoms. The Labute approximate surface area is 325 Å². The third kappa shape index (κ3) is 4.95. The molecule has 0 unspecified atom stereocenters. The van der Waals surface area contributed by atoms with E-state index >= 15 is 0 Å². The maximum absolute atomic E-state index is 5.10. The smallest absolute Gasteiger partial charge is 0.124 e. The second-order valence-corrected chi connectivity index (χ2v) is 18.0. The van der Waals surface area contributed by atoms with E-state index in [1.807, 2.05) is 22.7 Å². The predicted octanol–water partition coefficient (Wildman–Crippen LogP) is 15.5. The van der Waals surface area contributed by atoms with E-state index in [1.54, 1.807) is 22.7 Å². The Kier molecular flexibility index (Phi) is 6.74. The molecule has 0 saturated heterocycles. The highest BCUT2D eigenvalue weighted by Crippen LogP contribution is 2.40. The average molecular weight is 759 g/mol. The summed E-state index contributed by atoms with van der Waals surface area (Å²) < 4.78 is 7.71. The summed E-state index contributed by atoms with van der Waals surface area (Å²) in [5, 5.41) is 9.81. The van der Waals surface area contributed by atoms with Crippen LogP contribution in [0.25, 0.3) is 115 Å². The molecule has 0 aliphatic rings. The lowest BCUT2D eigenvalue weighted by molar-refractivity contribution is 1.48. The van der Waals surface area contributed by atoms with Gasteiger partial charge < -0.3 is 0 Å². The molecule has 4 aromatic heterocycles. The number of nitrogens with zero attached hydrogens (tertiary/aromatic N) is 2. The maximum Gasteiger partial charge on any atom is 0.124 e. The first-order valence-corrected chi connectivity index (χ1v) is 21.1. The molecule has 12 aromatic rings. The number of hydrogen-bond donors (Lipinski definition) is 0. The zero-order valence-corrected chi connectivity index (χ0v) is 31.8. The summed E-state index contributed by atoms with van der Waals surface area (Å²) in [4.78, 5) is 10.2. The van der Waals surface area contributed by atoms with Gasteiger partial charge in [-0.05, 0) is 81.6 Å². The molecule has 252 valence electrons. The Morgan fingerprint density at radius 1 is 0.278 bits per heavy atom. The lowest BCUT2D eigenvalue weighted by Crippen LogP contribution is -1.80. The lowest BCUT2D eigenvalue weighted by atomic mass is 10.0. The maximum atomic E-state index is 5.10. The highest BCUT2D eigenvalue weighted by Gasteiger charge is 2.14. The number of aromatic nitrogens is 2. The van der Waals surface area contributed by atoms with Crippen molar-refractivity contribution in [1.82, 2.24) is 9.97 Å². The predicted molar refractivity (Wildman–Crippen MR) is 238 cm³/mol. The summed E-state index contributed by atoms with van der Waals surface area (Å²) >= 11 is 7.23. The SMILES string of the molecule is c1ccc2c(c1)sc1cc(-c3ccc(-c4nc5cc6cc7sc(-c8ccc(-c9ccc%10c(c9)sc9ccccc9%10)cc8)nc7cc6cc5s4)cc3)ccc12. The van der Waals surface area contributed by atoms with Crippen molar-refractivity contribution in [2.45, 2.75) is 0 Å². The summed E-state index contributed by atoms with van der Waals surface area (Å²) in [6.07, 6.45) is 0. The van der Waals surface area contributed by atoms with Gasteiger partial charge in [0.25, 0.3) is 0 Å². The van der Waals surface area contributed by atoms with E-state index in [4.69, 9.17) is 9.97 Å². The van der Waals surface area contributed by atoms with Gasteiger partial charge in [0.2, 0.25) is 0 Å². The molecular formula is C48H26N2S4. The number of thiazole rings is 2. The van der Waals surface area contributed by atoms with E-state index < -0.39 is 0 Å². The van der Waals surface area contributed by atoms with Crippen molar-refractivity contribution in [2.75, 3.05) is 0 Å². The fourth-order valence-electron chi connectivity index (χ4n) is 7.76. The molecule has 0 aliphatic carbocycles. The molecule has 0 spiro atoms. The van der Waals surface area contributed by atoms with Gasteiger partial charge >= 0.3 is 0 Å². The van der Waals surface area contributed by atoms with Crippen LogP contribution < -0.4 is 0 Å². The minimum Gasteiger partial charge on any atom is -0.236 e. The fourth-order valence-corrected chi connectivity index (χ4v) is 12.1. The number of benzene rings is 8. The zero-order valence-electron chi connectivity index (χ0n) is 28.5. The van der Waals surface area contributed by atoms with E-state index in [1.165, 1.54) is 82.8 Å². The van der Waals surface area contributed by atoms with Crippen LogP contribution in [0.5, 0.6) is 0 Å². The molecule has 0 saturated carbocycles. The van der Waals surface area contributed by atoms with E-state index in [0.29, 0.717) is 0 Å². The first-order valence-electron chi connectivity index (χ1n) is 17.9. The molecule has 0 atom stereocenters. The third-order valence-corrected chi connectivity index (χ3v) is 14.9. The summed E-state index contributed by atoms with van der Waals surface area (Å²) in [5.74, 6) is 0. The van der Waals surface area contributed by atoms with Crippen molar-refractivity contribution >= 4 is 117 Å². The van der Waals surface area contributed by atoms with Crippen molar-refractivity contribution in [3.05, 3.63) is 158 Å². The molecule has 12 rings (SSSR count). The standard InChI is InChI=1S/C48H26N2S4/c1-3-7-41-35(5-1)37-19-17-31(23-43(37)51-41)27-9-13-29(14-10-27)47-49-39-21-33-26-46-40(22-34(33)25-45(39)53-47)50-48(54-46)30-15-11-28(12-16-30)32-18-20-38-36-6-2-4-8-42(36)52-44(38)24-32/h1-26H. The van der Waals surface area contributed by atoms with Crippen LogP contribution in [0.2, 0.25) is 0 Å². The Hall–Kier alpha value is -5.76. The quantitative estimate of drug-likeness (QED) is 0.179. The van der Waals surface area contributed by atoms with E-state index in [2.05, 4.69) is 158 Å². The van der Waals surface area contributed by atoms with Crippen molar-refractivity contribution in [3.8, 4) is 43.4 Å². The van der Waals surface area contributed by atoms with Crippen LogP contribution in [-0.4, -0.2) is 9.97 Å². The molecule has 4 heterocycles. The van der Waals surface area contributed by atoms with Crippen LogP contribution in [-0.2, 0) is 0 Å². The molecule has 2 nitrogen and oxygen atoms in total. The van der Waals surface area contributed by atoms with Crippen LogP contribution in [0.1, 0.15) is 0 Å². The highest BCUT2D eigenvalue weighted by atomic mass is 32.1. The normalized spacial score (nSPS) is 12.1. The minimum atomic E-state index is 1.04. The van der Waals surface area contributed by atoms with Gasteiger partial charge in [0.15, 0.2) is 0 Å². The van der Waals surface area contributed by atoms with Crippen LogP contribution >= 0.6 is 45.3 Å². The Morgan fingerprint density at radius 2 is 0.667 bits per heavy atom. The number of fused-ring (bicyclic) bond motifs is 9. The second kappa shape index (κ2) is 11.9. The van der Waals surface area contributed by atoms with Gasteiger partial charge in [0.05, 0.1) is 20.4 Å².